The predicted octanol–water partition coefficient (Wildman–Crippen LogP) is 8.87. The molecule has 0 aliphatic carbocycles. The zero-order valence-electron chi connectivity index (χ0n) is 29.7. The normalized spacial score (nSPS) is 17.0. The van der Waals surface area contributed by atoms with Gasteiger partial charge >= 0.3 is 13.2 Å². The number of pyridine rings is 1. The summed E-state index contributed by atoms with van der Waals surface area (Å²) in [6.07, 6.45) is 1.86. The number of benzene rings is 2. The van der Waals surface area contributed by atoms with Crippen molar-refractivity contribution in [3.05, 3.63) is 87.5 Å². The molecule has 0 amide bonds. The van der Waals surface area contributed by atoms with Crippen LogP contribution in [0.5, 0.6) is 11.5 Å². The van der Waals surface area contributed by atoms with Crippen molar-refractivity contribution in [1.82, 2.24) is 24.1 Å². The number of aromatic nitrogens is 5. The van der Waals surface area contributed by atoms with Crippen molar-refractivity contribution in [3.63, 3.8) is 0 Å². The molecule has 0 unspecified atom stereocenters. The molecule has 0 saturated heterocycles. The second kappa shape index (κ2) is 17.4. The van der Waals surface area contributed by atoms with E-state index in [1.54, 1.807) is 44.3 Å². The van der Waals surface area contributed by atoms with E-state index in [0.717, 1.165) is 39.5 Å². The van der Waals surface area contributed by atoms with Crippen molar-refractivity contribution in [2.45, 2.75) is 72.1 Å². The van der Waals surface area contributed by atoms with Gasteiger partial charge in [-0.1, -0.05) is 0 Å². The number of hydrogen-bond acceptors (Lipinski definition) is 7. The van der Waals surface area contributed by atoms with E-state index in [9.17, 15) is 26.3 Å². The maximum Gasteiger partial charge on any atom is 0.387 e. The number of halogens is 7. The Balaban J connectivity index is 0.000000189. The molecule has 5 heterocycles. The van der Waals surface area contributed by atoms with Crippen LogP contribution in [0.2, 0.25) is 0 Å². The zero-order chi connectivity index (χ0) is 38.5. The largest absolute Gasteiger partial charge is 0.435 e. The van der Waals surface area contributed by atoms with E-state index in [0.29, 0.717) is 66.5 Å². The SMILES string of the molecule is Cc1cc(-c2nc(-c3ccc(OC(F)F)c(C)c3)n3c2CCO[C@H](CF)C3)ccn1.Cc1cc(-c2nc(Br)c3n2C[C@@H](CF)OCC3)ccc1OC(F)F. The fourth-order valence-corrected chi connectivity index (χ4v) is 7.15. The van der Waals surface area contributed by atoms with Gasteiger partial charge in [-0.05, 0) is 96.4 Å². The summed E-state index contributed by atoms with van der Waals surface area (Å²) < 4.78 is 101. The average Bonchev–Trinajstić information content (AvgIpc) is 3.43. The van der Waals surface area contributed by atoms with Crippen LogP contribution in [0, 0.1) is 20.8 Å². The number of ether oxygens (including phenoxy) is 4. The molecule has 0 saturated carbocycles. The van der Waals surface area contributed by atoms with E-state index in [4.69, 9.17) is 14.5 Å². The Hall–Kier alpha value is -4.41. The molecule has 288 valence electrons. The molecule has 54 heavy (non-hydrogen) atoms. The van der Waals surface area contributed by atoms with Gasteiger partial charge in [-0.2, -0.15) is 17.6 Å². The lowest BCUT2D eigenvalue weighted by Gasteiger charge is -2.15. The highest BCUT2D eigenvalue weighted by Crippen LogP contribution is 2.35. The Labute approximate surface area is 316 Å². The van der Waals surface area contributed by atoms with E-state index < -0.39 is 38.8 Å². The monoisotopic (exact) mass is 821 g/mol. The van der Waals surface area contributed by atoms with E-state index >= 15 is 0 Å². The smallest absolute Gasteiger partial charge is 0.387 e. The van der Waals surface area contributed by atoms with Gasteiger partial charge in [0.05, 0.1) is 37.7 Å². The summed E-state index contributed by atoms with van der Waals surface area (Å²) >= 11 is 3.44. The van der Waals surface area contributed by atoms with Gasteiger partial charge in [0.2, 0.25) is 0 Å². The summed E-state index contributed by atoms with van der Waals surface area (Å²) in [4.78, 5) is 13.6. The highest BCUT2D eigenvalue weighted by molar-refractivity contribution is 9.10. The quantitative estimate of drug-likeness (QED) is 0.137. The van der Waals surface area contributed by atoms with Crippen molar-refractivity contribution in [2.75, 3.05) is 26.6 Å². The van der Waals surface area contributed by atoms with Gasteiger partial charge in [-0.25, -0.2) is 18.7 Å². The number of fused-ring (bicyclic) bond motifs is 2. The molecular weight excluding hydrogens is 784 g/mol. The van der Waals surface area contributed by atoms with Gasteiger partial charge in [-0.3, -0.25) is 4.98 Å². The van der Waals surface area contributed by atoms with Crippen molar-refractivity contribution in [2.24, 2.45) is 0 Å². The van der Waals surface area contributed by atoms with Crippen LogP contribution in [0.4, 0.5) is 26.3 Å². The van der Waals surface area contributed by atoms with Gasteiger partial charge in [0.25, 0.3) is 0 Å². The Morgan fingerprint density at radius 2 is 1.24 bits per heavy atom. The molecule has 0 N–H and O–H groups in total. The molecule has 9 nitrogen and oxygen atoms in total. The number of rotatable bonds is 9. The van der Waals surface area contributed by atoms with Crippen molar-refractivity contribution < 1.29 is 45.3 Å². The summed E-state index contributed by atoms with van der Waals surface area (Å²) in [5, 5.41) is 0. The van der Waals surface area contributed by atoms with Gasteiger partial charge in [0.1, 0.15) is 53.3 Å². The topological polar surface area (TPSA) is 85.5 Å². The Morgan fingerprint density at radius 1 is 0.722 bits per heavy atom. The molecule has 7 rings (SSSR count). The lowest BCUT2D eigenvalue weighted by Crippen LogP contribution is -2.21. The van der Waals surface area contributed by atoms with Crippen LogP contribution in [-0.2, 0) is 35.4 Å². The first kappa shape index (κ1) is 39.3. The highest BCUT2D eigenvalue weighted by atomic mass is 79.9. The number of nitrogens with zero attached hydrogens (tertiary/aromatic N) is 5. The number of imidazole rings is 2. The van der Waals surface area contributed by atoms with E-state index in [1.807, 2.05) is 28.2 Å². The fourth-order valence-electron chi connectivity index (χ4n) is 6.57. The van der Waals surface area contributed by atoms with E-state index in [2.05, 4.69) is 35.4 Å². The molecule has 2 aliphatic rings. The Bertz CT molecular complexity index is 2080. The number of aryl methyl sites for hydroxylation is 3. The summed E-state index contributed by atoms with van der Waals surface area (Å²) in [6.45, 7) is -0.113. The Kier molecular flexibility index (Phi) is 12.6. The highest BCUT2D eigenvalue weighted by Gasteiger charge is 2.27. The molecule has 2 atom stereocenters. The van der Waals surface area contributed by atoms with E-state index in [-0.39, 0.29) is 11.5 Å². The summed E-state index contributed by atoms with van der Waals surface area (Å²) in [5.74, 6) is 1.53. The molecule has 2 aliphatic heterocycles. The lowest BCUT2D eigenvalue weighted by atomic mass is 10.1. The molecule has 5 aromatic rings. The second-order valence-electron chi connectivity index (χ2n) is 12.8. The lowest BCUT2D eigenvalue weighted by molar-refractivity contribution is -0.0509. The van der Waals surface area contributed by atoms with Crippen LogP contribution in [0.3, 0.4) is 0 Å². The van der Waals surface area contributed by atoms with Crippen LogP contribution < -0.4 is 9.47 Å². The first-order chi connectivity index (χ1) is 25.9. The van der Waals surface area contributed by atoms with Crippen molar-refractivity contribution >= 4 is 15.9 Å². The van der Waals surface area contributed by atoms with Gasteiger partial charge in [0, 0.05) is 47.1 Å². The number of alkyl halides is 6. The zero-order valence-corrected chi connectivity index (χ0v) is 31.3. The Morgan fingerprint density at radius 3 is 1.74 bits per heavy atom. The van der Waals surface area contributed by atoms with Gasteiger partial charge in [0.15, 0.2) is 0 Å². The molecule has 0 spiro atoms. The van der Waals surface area contributed by atoms with Crippen molar-refractivity contribution in [1.29, 1.82) is 0 Å². The third-order valence-corrected chi connectivity index (χ3v) is 9.70. The van der Waals surface area contributed by atoms with E-state index in [1.165, 1.54) is 12.1 Å². The maximum absolute atomic E-state index is 13.5. The molecule has 0 fully saturated rings. The molecule has 0 radical (unpaired) electrons. The standard InChI is InChI=1S/C22H22F3N3O2.C16H16BrF3N2O2/c1-13-9-16(3-4-19(13)30-22(24)25)21-27-20(15-5-7-26-14(2)10-15)18-6-8-29-17(11-23)12-28(18)21;1-9-6-10(2-3-13(9)24-16(19)20)15-21-14(17)12-4-5-23-11(7-18)8-22(12)15/h3-5,7,9-10,17,22H,6,8,11-12H2,1-2H3;2-3,6,11,16H,4-5,7-8H2,1H3/t17-;11-/m11/s1. The maximum atomic E-state index is 13.5. The summed E-state index contributed by atoms with van der Waals surface area (Å²) in [6, 6.07) is 13.7. The third-order valence-electron chi connectivity index (χ3n) is 9.07. The van der Waals surface area contributed by atoms with Crippen LogP contribution >= 0.6 is 15.9 Å². The molecule has 16 heteroatoms. The summed E-state index contributed by atoms with van der Waals surface area (Å²) in [7, 11) is 0. The van der Waals surface area contributed by atoms with Crippen LogP contribution in [0.15, 0.2) is 59.3 Å². The first-order valence-electron chi connectivity index (χ1n) is 17.2. The van der Waals surface area contributed by atoms with Gasteiger partial charge in [-0.15, -0.1) is 0 Å². The minimum Gasteiger partial charge on any atom is -0.435 e. The van der Waals surface area contributed by atoms with Crippen molar-refractivity contribution in [3.8, 4) is 45.5 Å². The predicted molar refractivity (Wildman–Crippen MR) is 193 cm³/mol. The second-order valence-corrected chi connectivity index (χ2v) is 13.6. The molecular formula is C38H38BrF6N5O4. The minimum atomic E-state index is -2.89. The molecule has 2 aromatic carbocycles. The van der Waals surface area contributed by atoms with Crippen LogP contribution in [-0.4, -0.2) is 76.1 Å². The molecule has 0 bridgehead atoms. The van der Waals surface area contributed by atoms with Crippen LogP contribution in [0.1, 0.15) is 28.2 Å². The van der Waals surface area contributed by atoms with Crippen LogP contribution in [0.25, 0.3) is 34.0 Å². The first-order valence-corrected chi connectivity index (χ1v) is 18.0. The number of hydrogen-bond donors (Lipinski definition) is 0. The third kappa shape index (κ3) is 8.92. The minimum absolute atomic E-state index is 0.117. The molecule has 3 aromatic heterocycles. The summed E-state index contributed by atoms with van der Waals surface area (Å²) in [5.41, 5.74) is 7.11. The van der Waals surface area contributed by atoms with Gasteiger partial charge < -0.3 is 28.1 Å². The fraction of sp³-hybridized carbons (Fsp3) is 0.395. The average molecular weight is 823 g/mol.